The van der Waals surface area contributed by atoms with E-state index in [-0.39, 0.29) is 12.1 Å². The maximum absolute atomic E-state index is 14.7. The molecule has 1 amide bonds. The first-order chi connectivity index (χ1) is 20.3. The molecule has 3 heterocycles. The number of unbranched alkanes of at least 4 members (excludes halogenated alkanes) is 1. The van der Waals surface area contributed by atoms with Crippen molar-refractivity contribution in [1.82, 2.24) is 20.0 Å². The van der Waals surface area contributed by atoms with Gasteiger partial charge in [0, 0.05) is 57.3 Å². The van der Waals surface area contributed by atoms with Crippen LogP contribution in [0.5, 0.6) is 0 Å². The largest absolute Gasteiger partial charge is 0.354 e. The van der Waals surface area contributed by atoms with E-state index in [2.05, 4.69) is 15.1 Å². The second kappa shape index (κ2) is 17.3. The van der Waals surface area contributed by atoms with Crippen LogP contribution in [0.1, 0.15) is 44.1 Å². The lowest BCUT2D eigenvalue weighted by Crippen LogP contribution is -2.49. The monoisotopic (exact) mass is 580 g/mol. The number of benzene rings is 2. The number of rotatable bonds is 5. The first-order valence-electron chi connectivity index (χ1n) is 14.5. The molecule has 2 aliphatic heterocycles. The first-order valence-corrected chi connectivity index (χ1v) is 14.5. The van der Waals surface area contributed by atoms with Gasteiger partial charge in [-0.25, -0.2) is 8.78 Å². The highest BCUT2D eigenvalue weighted by Gasteiger charge is 2.42. The van der Waals surface area contributed by atoms with Crippen LogP contribution in [0.25, 0.3) is 0 Å². The van der Waals surface area contributed by atoms with Crippen molar-refractivity contribution in [2.24, 2.45) is 11.7 Å². The minimum absolute atomic E-state index is 0.00283. The lowest BCUT2D eigenvalue weighted by Gasteiger charge is -2.34. The van der Waals surface area contributed by atoms with Gasteiger partial charge in [-0.15, -0.1) is 5.10 Å². The highest BCUT2D eigenvalue weighted by atomic mass is 19.1. The summed E-state index contributed by atoms with van der Waals surface area (Å²) in [6.45, 7) is 4.68. The van der Waals surface area contributed by atoms with Gasteiger partial charge in [-0.2, -0.15) is 5.10 Å². The molecule has 2 aromatic carbocycles. The molecule has 2 fully saturated rings. The van der Waals surface area contributed by atoms with Crippen LogP contribution in [-0.4, -0.2) is 78.1 Å². The highest BCUT2D eigenvalue weighted by Crippen LogP contribution is 2.37. The highest BCUT2D eigenvalue weighted by molar-refractivity contribution is 5.81. The molecule has 3 atom stereocenters. The normalized spacial score (nSPS) is 20.7. The summed E-state index contributed by atoms with van der Waals surface area (Å²) in [6.07, 6.45) is 5.82. The molecule has 3 aromatic rings. The predicted octanol–water partition coefficient (Wildman–Crippen LogP) is 4.49. The number of aromatic nitrogens is 2. The smallest absolute Gasteiger partial charge is 0.228 e. The molecule has 10 heteroatoms. The molecular weight excluding hydrogens is 538 g/mol. The van der Waals surface area contributed by atoms with E-state index in [1.807, 2.05) is 66.2 Å². The van der Waals surface area contributed by atoms with Gasteiger partial charge >= 0.3 is 0 Å². The van der Waals surface area contributed by atoms with E-state index in [9.17, 15) is 18.4 Å². The van der Waals surface area contributed by atoms with E-state index in [0.29, 0.717) is 50.5 Å². The second-order valence-corrected chi connectivity index (χ2v) is 10.5. The fourth-order valence-electron chi connectivity index (χ4n) is 5.05. The van der Waals surface area contributed by atoms with Crippen LogP contribution in [0.15, 0.2) is 72.9 Å². The Morgan fingerprint density at radius 3 is 2.31 bits per heavy atom. The van der Waals surface area contributed by atoms with Crippen LogP contribution in [0.3, 0.4) is 0 Å². The van der Waals surface area contributed by atoms with Crippen LogP contribution >= 0.6 is 0 Å². The Balaban J connectivity index is 0.000000370. The minimum Gasteiger partial charge on any atom is -0.354 e. The zero-order valence-electron chi connectivity index (χ0n) is 24.5. The summed E-state index contributed by atoms with van der Waals surface area (Å²) in [5, 5.41) is 8.08. The molecule has 0 spiro atoms. The molecule has 1 aromatic heterocycles. The number of carbonyl (C=O) groups excluding carboxylic acids is 2. The Kier molecular flexibility index (Phi) is 13.5. The topological polar surface area (TPSA) is 95.7 Å². The third kappa shape index (κ3) is 9.66. The molecule has 0 bridgehead atoms. The molecule has 2 saturated heterocycles. The van der Waals surface area contributed by atoms with Crippen molar-refractivity contribution in [2.75, 3.05) is 44.7 Å². The number of carbonyl (C=O) groups is 2. The van der Waals surface area contributed by atoms with Gasteiger partial charge in [0.1, 0.15) is 17.9 Å². The standard InChI is InChI=1S/C22H28F2N6O.C6H6.C4H8O/c1-28-10-11-29(9-3-4-20(28)25)22(31)18-14-30(21-5-2-8-26-27-21)13-17(18)16-7-6-15(23)12-19(16)24;1-2-4-6-5-3-1;1-2-3-4-5/h2,5-8,12,17-18,20H,3-4,9-11,13-14,25H2,1H3;1-6H;4H,2-3H2,1H3/t17-,18?,20?;;/m0../s1. The maximum atomic E-state index is 14.7. The number of likely N-dealkylation sites (N-methyl/N-ethyl adjacent to an activating group) is 1. The van der Waals surface area contributed by atoms with E-state index in [4.69, 9.17) is 5.73 Å². The van der Waals surface area contributed by atoms with Gasteiger partial charge in [0.05, 0.1) is 12.1 Å². The zero-order valence-corrected chi connectivity index (χ0v) is 24.5. The summed E-state index contributed by atoms with van der Waals surface area (Å²) in [5.74, 6) is -1.48. The van der Waals surface area contributed by atoms with Crippen LogP contribution in [-0.2, 0) is 9.59 Å². The van der Waals surface area contributed by atoms with E-state index in [0.717, 1.165) is 31.6 Å². The third-order valence-electron chi connectivity index (χ3n) is 7.48. The van der Waals surface area contributed by atoms with Gasteiger partial charge in [0.25, 0.3) is 0 Å². The number of aldehydes is 1. The first kappa shape index (κ1) is 32.8. The summed E-state index contributed by atoms with van der Waals surface area (Å²) in [6, 6.07) is 19.2. The number of halogens is 2. The molecular formula is C32H42F2N6O2. The molecule has 2 unspecified atom stereocenters. The van der Waals surface area contributed by atoms with Gasteiger partial charge < -0.3 is 20.3 Å². The molecule has 226 valence electrons. The Hall–Kier alpha value is -3.76. The number of nitrogens with two attached hydrogens (primary N) is 1. The molecule has 2 N–H and O–H groups in total. The minimum atomic E-state index is -0.629. The van der Waals surface area contributed by atoms with Crippen LogP contribution < -0.4 is 10.6 Å². The van der Waals surface area contributed by atoms with Crippen molar-refractivity contribution in [2.45, 2.75) is 44.7 Å². The van der Waals surface area contributed by atoms with E-state index in [1.54, 1.807) is 12.3 Å². The van der Waals surface area contributed by atoms with Gasteiger partial charge in [-0.3, -0.25) is 9.69 Å². The number of amides is 1. The SMILES string of the molecule is CCCC=O.CN1CCN(C(=O)C2CN(c3cccnn3)C[C@H]2c2ccc(F)cc2F)CCCC1N.c1ccccc1. The van der Waals surface area contributed by atoms with Crippen LogP contribution in [0.4, 0.5) is 14.6 Å². The van der Waals surface area contributed by atoms with Gasteiger partial charge in [-0.1, -0.05) is 49.4 Å². The van der Waals surface area contributed by atoms with Crippen LogP contribution in [0, 0.1) is 17.6 Å². The Bertz CT molecular complexity index is 1190. The molecule has 8 nitrogen and oxygen atoms in total. The third-order valence-corrected chi connectivity index (χ3v) is 7.48. The van der Waals surface area contributed by atoms with E-state index >= 15 is 0 Å². The molecule has 5 rings (SSSR count). The van der Waals surface area contributed by atoms with E-state index < -0.39 is 23.5 Å². The lowest BCUT2D eigenvalue weighted by molar-refractivity contribution is -0.136. The Morgan fingerprint density at radius 1 is 1.02 bits per heavy atom. The Morgan fingerprint density at radius 2 is 1.74 bits per heavy atom. The molecule has 0 radical (unpaired) electrons. The van der Waals surface area contributed by atoms with Gasteiger partial charge in [0.2, 0.25) is 5.91 Å². The predicted molar refractivity (Wildman–Crippen MR) is 161 cm³/mol. The van der Waals surface area contributed by atoms with Crippen molar-refractivity contribution in [3.63, 3.8) is 0 Å². The van der Waals surface area contributed by atoms with Gasteiger partial charge in [0.15, 0.2) is 5.82 Å². The summed E-state index contributed by atoms with van der Waals surface area (Å²) >= 11 is 0. The van der Waals surface area contributed by atoms with Gasteiger partial charge in [-0.05, 0) is 50.1 Å². The number of hydrogen-bond donors (Lipinski definition) is 1. The summed E-state index contributed by atoms with van der Waals surface area (Å²) < 4.78 is 28.2. The van der Waals surface area contributed by atoms with Crippen molar-refractivity contribution in [3.8, 4) is 0 Å². The quantitative estimate of drug-likeness (QED) is 0.445. The summed E-state index contributed by atoms with van der Waals surface area (Å²) in [7, 11) is 1.96. The maximum Gasteiger partial charge on any atom is 0.228 e. The van der Waals surface area contributed by atoms with Crippen molar-refractivity contribution in [3.05, 3.63) is 90.1 Å². The summed E-state index contributed by atoms with van der Waals surface area (Å²) in [5.41, 5.74) is 6.49. The van der Waals surface area contributed by atoms with Crippen molar-refractivity contribution < 1.29 is 18.4 Å². The lowest BCUT2D eigenvalue weighted by atomic mass is 9.87. The average molecular weight is 581 g/mol. The summed E-state index contributed by atoms with van der Waals surface area (Å²) in [4.78, 5) is 28.9. The number of hydrogen-bond acceptors (Lipinski definition) is 7. The van der Waals surface area contributed by atoms with Crippen LogP contribution in [0.2, 0.25) is 0 Å². The van der Waals surface area contributed by atoms with E-state index in [1.165, 1.54) is 12.1 Å². The Labute approximate surface area is 247 Å². The molecule has 0 saturated carbocycles. The molecule has 2 aliphatic rings. The molecule has 0 aliphatic carbocycles. The zero-order chi connectivity index (χ0) is 30.3. The second-order valence-electron chi connectivity index (χ2n) is 10.5. The fraction of sp³-hybridized carbons (Fsp3) is 0.438. The fourth-order valence-corrected chi connectivity index (χ4v) is 5.05. The average Bonchev–Trinajstić information content (AvgIpc) is 3.45. The van der Waals surface area contributed by atoms with Crippen molar-refractivity contribution in [1.29, 1.82) is 0 Å². The number of nitrogens with zero attached hydrogens (tertiary/aromatic N) is 5. The number of anilines is 1. The van der Waals surface area contributed by atoms with Crippen molar-refractivity contribution >= 4 is 18.0 Å². The molecule has 42 heavy (non-hydrogen) atoms.